The zero-order valence-corrected chi connectivity index (χ0v) is 16.4. The minimum Gasteiger partial charge on any atom is -0.489 e. The number of ether oxygens (including phenoxy) is 1. The van der Waals surface area contributed by atoms with Gasteiger partial charge in [-0.15, -0.1) is 0 Å². The Kier molecular flexibility index (Phi) is 5.89. The van der Waals surface area contributed by atoms with Gasteiger partial charge < -0.3 is 15.4 Å². The van der Waals surface area contributed by atoms with Gasteiger partial charge in [0.15, 0.2) is 0 Å². The number of urea groups is 1. The first-order chi connectivity index (χ1) is 14.7. The number of pyridine rings is 1. The molecule has 2 aromatic carbocycles. The summed E-state index contributed by atoms with van der Waals surface area (Å²) >= 11 is 0. The van der Waals surface area contributed by atoms with Crippen molar-refractivity contribution in [1.29, 1.82) is 0 Å². The maximum absolute atomic E-state index is 12.5. The Morgan fingerprint density at radius 2 is 1.97 bits per heavy atom. The van der Waals surface area contributed by atoms with E-state index in [1.807, 2.05) is 42.5 Å². The summed E-state index contributed by atoms with van der Waals surface area (Å²) in [6.45, 7) is 2.06. The van der Waals surface area contributed by atoms with Gasteiger partial charge in [0.1, 0.15) is 12.4 Å². The quantitative estimate of drug-likeness (QED) is 0.636. The molecule has 0 unspecified atom stereocenters. The van der Waals surface area contributed by atoms with Crippen LogP contribution in [0.3, 0.4) is 0 Å². The second-order valence-electron chi connectivity index (χ2n) is 6.91. The molecule has 1 fully saturated rings. The van der Waals surface area contributed by atoms with E-state index in [0.29, 0.717) is 37.5 Å². The van der Waals surface area contributed by atoms with Gasteiger partial charge in [0.2, 0.25) is 0 Å². The highest BCUT2D eigenvalue weighted by Crippen LogP contribution is 2.18. The molecule has 1 aliphatic rings. The van der Waals surface area contributed by atoms with Crippen LogP contribution >= 0.6 is 0 Å². The maximum atomic E-state index is 12.5. The number of nitrogens with one attached hydrogen (secondary N) is 2. The van der Waals surface area contributed by atoms with E-state index in [0.717, 1.165) is 16.9 Å². The van der Waals surface area contributed by atoms with Crippen molar-refractivity contribution in [2.75, 3.05) is 18.0 Å². The lowest BCUT2D eigenvalue weighted by Gasteiger charge is -2.15. The van der Waals surface area contributed by atoms with Gasteiger partial charge in [-0.2, -0.15) is 0 Å². The average Bonchev–Trinajstić information content (AvgIpc) is 3.23. The summed E-state index contributed by atoms with van der Waals surface area (Å²) in [5, 5.41) is 5.67. The Morgan fingerprint density at radius 1 is 1.10 bits per heavy atom. The Labute approximate surface area is 174 Å². The van der Waals surface area contributed by atoms with Crippen LogP contribution in [-0.2, 0) is 13.2 Å². The molecule has 0 radical (unpaired) electrons. The number of benzene rings is 2. The minimum absolute atomic E-state index is 0.140. The van der Waals surface area contributed by atoms with Crippen molar-refractivity contribution in [3.8, 4) is 5.75 Å². The molecule has 2 heterocycles. The number of carbonyl (C=O) groups is 2. The molecular weight excluding hydrogens is 380 g/mol. The monoisotopic (exact) mass is 402 g/mol. The lowest BCUT2D eigenvalue weighted by atomic mass is 10.1. The summed E-state index contributed by atoms with van der Waals surface area (Å²) in [4.78, 5) is 30.0. The van der Waals surface area contributed by atoms with Crippen LogP contribution in [0.5, 0.6) is 5.75 Å². The summed E-state index contributed by atoms with van der Waals surface area (Å²) in [7, 11) is 0. The van der Waals surface area contributed by atoms with Gasteiger partial charge in [0.25, 0.3) is 5.91 Å². The number of hydrogen-bond acceptors (Lipinski definition) is 4. The van der Waals surface area contributed by atoms with Crippen LogP contribution in [0.1, 0.15) is 21.5 Å². The van der Waals surface area contributed by atoms with Crippen LogP contribution in [-0.4, -0.2) is 30.0 Å². The van der Waals surface area contributed by atoms with Gasteiger partial charge in [0, 0.05) is 48.8 Å². The molecule has 1 aromatic heterocycles. The van der Waals surface area contributed by atoms with Gasteiger partial charge in [-0.25, -0.2) is 4.79 Å². The highest BCUT2D eigenvalue weighted by molar-refractivity contribution is 5.98. The fourth-order valence-corrected chi connectivity index (χ4v) is 3.17. The van der Waals surface area contributed by atoms with Crippen molar-refractivity contribution in [2.45, 2.75) is 13.2 Å². The molecule has 0 spiro atoms. The summed E-state index contributed by atoms with van der Waals surface area (Å²) in [5.74, 6) is 0.568. The predicted molar refractivity (Wildman–Crippen MR) is 113 cm³/mol. The third kappa shape index (κ3) is 4.75. The topological polar surface area (TPSA) is 83.6 Å². The lowest BCUT2D eigenvalue weighted by Crippen LogP contribution is -2.28. The van der Waals surface area contributed by atoms with Gasteiger partial charge in [0.05, 0.1) is 0 Å². The van der Waals surface area contributed by atoms with Crippen molar-refractivity contribution in [1.82, 2.24) is 15.6 Å². The van der Waals surface area contributed by atoms with Crippen molar-refractivity contribution in [3.05, 3.63) is 89.7 Å². The van der Waals surface area contributed by atoms with Crippen LogP contribution < -0.4 is 20.3 Å². The van der Waals surface area contributed by atoms with Crippen LogP contribution in [0.4, 0.5) is 10.5 Å². The predicted octanol–water partition coefficient (Wildman–Crippen LogP) is 3.12. The fourth-order valence-electron chi connectivity index (χ4n) is 3.17. The van der Waals surface area contributed by atoms with Crippen LogP contribution in [0.2, 0.25) is 0 Å². The van der Waals surface area contributed by atoms with Crippen LogP contribution in [0, 0.1) is 0 Å². The van der Waals surface area contributed by atoms with E-state index < -0.39 is 0 Å². The normalized spacial score (nSPS) is 13.1. The zero-order chi connectivity index (χ0) is 20.8. The summed E-state index contributed by atoms with van der Waals surface area (Å²) in [6.07, 6.45) is 3.50. The van der Waals surface area contributed by atoms with Gasteiger partial charge in [-0.05, 0) is 42.0 Å². The standard InChI is InChI=1S/C23H22N4O3/c28-22(19-4-1-5-20(13-19)27-12-11-25-23(27)29)26-15-17-6-8-21(9-7-17)30-16-18-3-2-10-24-14-18/h1-10,13-14H,11-12,15-16H2,(H,25,29)(H,26,28). The molecule has 0 saturated carbocycles. The molecule has 7 heteroatoms. The van der Waals surface area contributed by atoms with E-state index in [1.165, 1.54) is 0 Å². The molecule has 3 aromatic rings. The fraction of sp³-hybridized carbons (Fsp3) is 0.174. The first-order valence-corrected chi connectivity index (χ1v) is 9.73. The first kappa shape index (κ1) is 19.4. The Hall–Kier alpha value is -3.87. The van der Waals surface area contributed by atoms with Crippen molar-refractivity contribution in [3.63, 3.8) is 0 Å². The maximum Gasteiger partial charge on any atom is 0.321 e. The van der Waals surface area contributed by atoms with Crippen molar-refractivity contribution in [2.24, 2.45) is 0 Å². The Bertz CT molecular complexity index is 1020. The second-order valence-corrected chi connectivity index (χ2v) is 6.91. The SMILES string of the molecule is O=C(NCc1ccc(OCc2cccnc2)cc1)c1cccc(N2CCNC2=O)c1. The molecule has 2 N–H and O–H groups in total. The highest BCUT2D eigenvalue weighted by Gasteiger charge is 2.21. The van der Waals surface area contributed by atoms with Crippen LogP contribution in [0.25, 0.3) is 0 Å². The number of carbonyl (C=O) groups excluding carboxylic acids is 2. The number of anilines is 1. The first-order valence-electron chi connectivity index (χ1n) is 9.73. The molecule has 0 bridgehead atoms. The van der Waals surface area contributed by atoms with Gasteiger partial charge >= 0.3 is 6.03 Å². The second kappa shape index (κ2) is 9.09. The molecular formula is C23H22N4O3. The van der Waals surface area contributed by atoms with E-state index in [4.69, 9.17) is 4.74 Å². The third-order valence-corrected chi connectivity index (χ3v) is 4.78. The molecule has 152 valence electrons. The number of rotatable bonds is 7. The van der Waals surface area contributed by atoms with E-state index in [9.17, 15) is 9.59 Å². The minimum atomic E-state index is -0.187. The van der Waals surface area contributed by atoms with E-state index in [2.05, 4.69) is 15.6 Å². The highest BCUT2D eigenvalue weighted by atomic mass is 16.5. The Morgan fingerprint density at radius 3 is 2.70 bits per heavy atom. The number of aromatic nitrogens is 1. The lowest BCUT2D eigenvalue weighted by molar-refractivity contribution is 0.0951. The van der Waals surface area contributed by atoms with Gasteiger partial charge in [-0.1, -0.05) is 24.3 Å². The molecule has 1 saturated heterocycles. The summed E-state index contributed by atoms with van der Waals surface area (Å²) in [5.41, 5.74) is 3.20. The molecule has 0 atom stereocenters. The largest absolute Gasteiger partial charge is 0.489 e. The van der Waals surface area contributed by atoms with Gasteiger partial charge in [-0.3, -0.25) is 14.7 Å². The molecule has 1 aliphatic heterocycles. The molecule has 30 heavy (non-hydrogen) atoms. The van der Waals surface area contributed by atoms with Crippen molar-refractivity contribution < 1.29 is 14.3 Å². The van der Waals surface area contributed by atoms with E-state index in [-0.39, 0.29) is 11.9 Å². The van der Waals surface area contributed by atoms with E-state index >= 15 is 0 Å². The van der Waals surface area contributed by atoms with Crippen molar-refractivity contribution >= 4 is 17.6 Å². The molecule has 0 aliphatic carbocycles. The Balaban J connectivity index is 1.31. The number of hydrogen-bond donors (Lipinski definition) is 2. The zero-order valence-electron chi connectivity index (χ0n) is 16.4. The van der Waals surface area contributed by atoms with Crippen LogP contribution in [0.15, 0.2) is 73.1 Å². The molecule has 3 amide bonds. The smallest absolute Gasteiger partial charge is 0.321 e. The third-order valence-electron chi connectivity index (χ3n) is 4.78. The molecule has 7 nitrogen and oxygen atoms in total. The summed E-state index contributed by atoms with van der Waals surface area (Å²) in [6, 6.07) is 18.4. The molecule has 4 rings (SSSR count). The number of amides is 3. The number of nitrogens with zero attached hydrogens (tertiary/aromatic N) is 2. The average molecular weight is 402 g/mol. The van der Waals surface area contributed by atoms with E-state index in [1.54, 1.807) is 35.5 Å². The summed E-state index contributed by atoms with van der Waals surface area (Å²) < 4.78 is 5.75.